The SMILES string of the molecule is CCOC(=O)c1sc(N2CC[C@@H](NC(=O)c3[nH]c(C)c(Br)c3Cl)[C@@H](OC)C2)nc1-c1ncnn1CC1CC1. The van der Waals surface area contributed by atoms with Crippen LogP contribution in [0.1, 0.15) is 52.0 Å². The van der Waals surface area contributed by atoms with Gasteiger partial charge in [-0.15, -0.1) is 0 Å². The normalized spacial score (nSPS) is 19.6. The summed E-state index contributed by atoms with van der Waals surface area (Å²) in [5, 5.41) is 8.45. The molecule has 38 heavy (non-hydrogen) atoms. The van der Waals surface area contributed by atoms with Crippen LogP contribution in [-0.2, 0) is 16.0 Å². The van der Waals surface area contributed by atoms with Crippen molar-refractivity contribution < 1.29 is 19.1 Å². The number of H-pyrrole nitrogens is 1. The van der Waals surface area contributed by atoms with Gasteiger partial charge in [0.1, 0.15) is 22.6 Å². The first-order valence-electron chi connectivity index (χ1n) is 12.5. The number of amides is 1. The van der Waals surface area contributed by atoms with Gasteiger partial charge in [0.05, 0.1) is 28.2 Å². The van der Waals surface area contributed by atoms with Crippen LogP contribution in [0.5, 0.6) is 0 Å². The standard InChI is InChI=1S/C24H29BrClN7O4S/c1-4-37-23(35)20-19(21-27-11-28-33(21)9-13-5-6-13)31-24(38-20)32-8-7-14(15(10-32)36-3)30-22(34)18-17(26)16(25)12(2)29-18/h11,13-15,29H,4-10H2,1-3H3,(H,30,34)/t14-,15+/m1/s1. The van der Waals surface area contributed by atoms with Crippen LogP contribution >= 0.6 is 38.9 Å². The molecule has 1 saturated carbocycles. The van der Waals surface area contributed by atoms with E-state index in [1.165, 1.54) is 30.5 Å². The summed E-state index contributed by atoms with van der Waals surface area (Å²) in [7, 11) is 1.62. The molecule has 5 rings (SSSR count). The number of halogens is 2. The molecule has 0 radical (unpaired) electrons. The molecule has 1 aliphatic carbocycles. The summed E-state index contributed by atoms with van der Waals surface area (Å²) >= 11 is 11.0. The number of carbonyl (C=O) groups is 2. The van der Waals surface area contributed by atoms with Gasteiger partial charge in [-0.1, -0.05) is 22.9 Å². The fraction of sp³-hybridized carbons (Fsp3) is 0.542. The molecule has 2 fully saturated rings. The fourth-order valence-electron chi connectivity index (χ4n) is 4.52. The number of anilines is 1. The monoisotopic (exact) mass is 625 g/mol. The van der Waals surface area contributed by atoms with Gasteiger partial charge in [-0.2, -0.15) is 5.10 Å². The van der Waals surface area contributed by atoms with E-state index in [4.69, 9.17) is 26.1 Å². The molecule has 4 heterocycles. The average molecular weight is 627 g/mol. The van der Waals surface area contributed by atoms with E-state index in [1.54, 1.807) is 14.0 Å². The summed E-state index contributed by atoms with van der Waals surface area (Å²) in [6.45, 7) is 5.71. The Morgan fingerprint density at radius 3 is 2.79 bits per heavy atom. The van der Waals surface area contributed by atoms with Crippen LogP contribution in [0, 0.1) is 12.8 Å². The molecule has 1 aliphatic heterocycles. The molecule has 0 bridgehead atoms. The number of hydrogen-bond acceptors (Lipinski definition) is 9. The number of methoxy groups -OCH3 is 1. The second-order valence-electron chi connectivity index (χ2n) is 9.45. The molecule has 2 N–H and O–H groups in total. The first-order chi connectivity index (χ1) is 18.3. The zero-order chi connectivity index (χ0) is 27.0. The zero-order valence-corrected chi connectivity index (χ0v) is 24.5. The van der Waals surface area contributed by atoms with Gasteiger partial charge >= 0.3 is 5.97 Å². The number of aromatic nitrogens is 5. The maximum Gasteiger partial charge on any atom is 0.350 e. The van der Waals surface area contributed by atoms with E-state index in [9.17, 15) is 9.59 Å². The highest BCUT2D eigenvalue weighted by atomic mass is 79.9. The van der Waals surface area contributed by atoms with Crippen molar-refractivity contribution in [3.63, 3.8) is 0 Å². The van der Waals surface area contributed by atoms with E-state index in [2.05, 4.69) is 41.2 Å². The van der Waals surface area contributed by atoms with E-state index in [0.29, 0.717) is 62.1 Å². The predicted molar refractivity (Wildman–Crippen MR) is 147 cm³/mol. The van der Waals surface area contributed by atoms with Crippen LogP contribution in [-0.4, -0.2) is 75.6 Å². The molecule has 2 aliphatic rings. The number of carbonyl (C=O) groups excluding carboxylic acids is 2. The van der Waals surface area contributed by atoms with Crippen LogP contribution < -0.4 is 10.2 Å². The summed E-state index contributed by atoms with van der Waals surface area (Å²) in [6.07, 6.45) is 4.15. The summed E-state index contributed by atoms with van der Waals surface area (Å²) in [5.74, 6) is 0.432. The first kappa shape index (κ1) is 27.1. The molecule has 3 aromatic rings. The molecule has 1 amide bonds. The number of piperidine rings is 1. The average Bonchev–Trinajstić information content (AvgIpc) is 3.31. The number of esters is 1. The Balaban J connectivity index is 1.35. The fourth-order valence-corrected chi connectivity index (χ4v) is 6.08. The van der Waals surface area contributed by atoms with Crippen molar-refractivity contribution in [1.82, 2.24) is 30.0 Å². The Bertz CT molecular complexity index is 1340. The Morgan fingerprint density at radius 1 is 1.34 bits per heavy atom. The molecule has 0 spiro atoms. The van der Waals surface area contributed by atoms with Gasteiger partial charge in [0.15, 0.2) is 11.0 Å². The van der Waals surface area contributed by atoms with Crippen molar-refractivity contribution in [3.05, 3.63) is 32.1 Å². The molecule has 204 valence electrons. The summed E-state index contributed by atoms with van der Waals surface area (Å²) in [5.41, 5.74) is 1.57. The van der Waals surface area contributed by atoms with Crippen molar-refractivity contribution in [3.8, 4) is 11.5 Å². The molecule has 14 heteroatoms. The minimum Gasteiger partial charge on any atom is -0.462 e. The van der Waals surface area contributed by atoms with E-state index in [-0.39, 0.29) is 24.7 Å². The highest BCUT2D eigenvalue weighted by Crippen LogP contribution is 2.36. The molecule has 0 aromatic carbocycles. The number of ether oxygens (including phenoxy) is 2. The third-order valence-corrected chi connectivity index (χ3v) is 9.46. The molecule has 1 saturated heterocycles. The van der Waals surface area contributed by atoms with Crippen molar-refractivity contribution in [2.45, 2.75) is 51.8 Å². The summed E-state index contributed by atoms with van der Waals surface area (Å²) < 4.78 is 13.6. The second kappa shape index (κ2) is 11.3. The number of nitrogens with zero attached hydrogens (tertiary/aromatic N) is 5. The van der Waals surface area contributed by atoms with Crippen molar-refractivity contribution >= 4 is 55.9 Å². The van der Waals surface area contributed by atoms with Crippen LogP contribution in [0.25, 0.3) is 11.5 Å². The number of hydrogen-bond donors (Lipinski definition) is 2. The topological polar surface area (TPSA) is 127 Å². The van der Waals surface area contributed by atoms with Gasteiger partial charge in [0.25, 0.3) is 5.91 Å². The van der Waals surface area contributed by atoms with E-state index >= 15 is 0 Å². The van der Waals surface area contributed by atoms with Gasteiger partial charge in [0, 0.05) is 32.4 Å². The maximum absolute atomic E-state index is 12.9. The third-order valence-electron chi connectivity index (χ3n) is 6.76. The van der Waals surface area contributed by atoms with Gasteiger partial charge in [-0.05, 0) is 55.0 Å². The van der Waals surface area contributed by atoms with Gasteiger partial charge in [0.2, 0.25) is 0 Å². The summed E-state index contributed by atoms with van der Waals surface area (Å²) in [6, 6.07) is -0.229. The number of rotatable bonds is 9. The van der Waals surface area contributed by atoms with Crippen LogP contribution in [0.3, 0.4) is 0 Å². The zero-order valence-electron chi connectivity index (χ0n) is 21.3. The highest BCUT2D eigenvalue weighted by Gasteiger charge is 2.35. The lowest BCUT2D eigenvalue weighted by molar-refractivity contribution is 0.0531. The lowest BCUT2D eigenvalue weighted by Crippen LogP contribution is -2.55. The van der Waals surface area contributed by atoms with Gasteiger partial charge in [-0.25, -0.2) is 19.4 Å². The van der Waals surface area contributed by atoms with E-state index in [0.717, 1.165) is 12.2 Å². The van der Waals surface area contributed by atoms with E-state index < -0.39 is 5.97 Å². The Kier molecular flexibility index (Phi) is 8.08. The second-order valence-corrected chi connectivity index (χ2v) is 11.6. The van der Waals surface area contributed by atoms with Crippen LogP contribution in [0.4, 0.5) is 5.13 Å². The third kappa shape index (κ3) is 5.47. The minimum atomic E-state index is -0.429. The highest BCUT2D eigenvalue weighted by molar-refractivity contribution is 9.10. The van der Waals surface area contributed by atoms with Crippen LogP contribution in [0.2, 0.25) is 5.02 Å². The number of thiazole rings is 1. The number of aryl methyl sites for hydroxylation is 1. The van der Waals surface area contributed by atoms with Crippen LogP contribution in [0.15, 0.2) is 10.8 Å². The predicted octanol–water partition coefficient (Wildman–Crippen LogP) is 4.06. The first-order valence-corrected chi connectivity index (χ1v) is 14.5. The smallest absolute Gasteiger partial charge is 0.350 e. The Hall–Kier alpha value is -2.48. The van der Waals surface area contributed by atoms with Crippen molar-refractivity contribution in [1.29, 1.82) is 0 Å². The van der Waals surface area contributed by atoms with E-state index in [1.807, 2.05) is 11.6 Å². The Labute approximate surface area is 237 Å². The minimum absolute atomic E-state index is 0.229. The maximum atomic E-state index is 12.9. The van der Waals surface area contributed by atoms with Gasteiger partial charge < -0.3 is 24.7 Å². The number of aromatic amines is 1. The molecule has 0 unspecified atom stereocenters. The quantitative estimate of drug-likeness (QED) is 0.341. The molecule has 3 aromatic heterocycles. The van der Waals surface area contributed by atoms with Crippen molar-refractivity contribution in [2.75, 3.05) is 31.7 Å². The summed E-state index contributed by atoms with van der Waals surface area (Å²) in [4.78, 5) is 40.6. The molecule has 11 nitrogen and oxygen atoms in total. The number of nitrogens with one attached hydrogen (secondary N) is 2. The largest absolute Gasteiger partial charge is 0.462 e. The lowest BCUT2D eigenvalue weighted by atomic mass is 10.0. The van der Waals surface area contributed by atoms with Crippen molar-refractivity contribution in [2.24, 2.45) is 5.92 Å². The molecular weight excluding hydrogens is 598 g/mol. The molecule has 2 atom stereocenters. The van der Waals surface area contributed by atoms with Gasteiger partial charge in [-0.3, -0.25) is 4.79 Å². The lowest BCUT2D eigenvalue weighted by Gasteiger charge is -2.37. The molecular formula is C24H29BrClN7O4S. The Morgan fingerprint density at radius 2 is 2.13 bits per heavy atom.